The number of hydrogen-bond acceptors (Lipinski definition) is 5. The van der Waals surface area contributed by atoms with Gasteiger partial charge in [0.1, 0.15) is 11.9 Å². The molecule has 7 nitrogen and oxygen atoms in total. The monoisotopic (exact) mass is 424 g/mol. The van der Waals surface area contributed by atoms with Gasteiger partial charge in [-0.15, -0.1) is 0 Å². The fourth-order valence-electron chi connectivity index (χ4n) is 3.91. The number of aryl methyl sites for hydroxylation is 1. The Morgan fingerprint density at radius 1 is 1.10 bits per heavy atom. The van der Waals surface area contributed by atoms with E-state index >= 15 is 0 Å². The Labute approximate surface area is 176 Å². The van der Waals surface area contributed by atoms with Crippen molar-refractivity contribution in [3.63, 3.8) is 0 Å². The number of hydrogen-bond donors (Lipinski definition) is 0. The second-order valence-corrected chi connectivity index (χ2v) is 9.41. The lowest BCUT2D eigenvalue weighted by Crippen LogP contribution is -2.46. The molecule has 1 aromatic heterocycles. The average Bonchev–Trinajstić information content (AvgIpc) is 3.24. The predicted octanol–water partition coefficient (Wildman–Crippen LogP) is 2.75. The zero-order valence-electron chi connectivity index (χ0n) is 17.0. The van der Waals surface area contributed by atoms with E-state index in [9.17, 15) is 13.2 Å². The molecule has 4 rings (SSSR count). The van der Waals surface area contributed by atoms with E-state index in [4.69, 9.17) is 0 Å². The number of carbonyl (C=O) groups is 1. The summed E-state index contributed by atoms with van der Waals surface area (Å²) in [6.45, 7) is 2.48. The van der Waals surface area contributed by atoms with Crippen molar-refractivity contribution in [3.05, 3.63) is 66.1 Å². The normalized spacial score (nSPS) is 17.3. The molecule has 30 heavy (non-hydrogen) atoms. The topological polar surface area (TPSA) is 83.5 Å². The lowest BCUT2D eigenvalue weighted by Gasteiger charge is -2.27. The number of likely N-dealkylation sites (N-methyl/N-ethyl adjacent to an activating group) is 1. The number of amides is 1. The molecule has 1 atom stereocenters. The van der Waals surface area contributed by atoms with Gasteiger partial charge in [0.2, 0.25) is 15.9 Å². The predicted molar refractivity (Wildman–Crippen MR) is 114 cm³/mol. The molecule has 0 radical (unpaired) electrons. The Kier molecular flexibility index (Phi) is 5.53. The Hall–Kier alpha value is -2.84. The van der Waals surface area contributed by atoms with Gasteiger partial charge in [0.15, 0.2) is 0 Å². The van der Waals surface area contributed by atoms with Crippen LogP contribution < -0.4 is 0 Å². The van der Waals surface area contributed by atoms with E-state index in [0.717, 1.165) is 16.6 Å². The van der Waals surface area contributed by atoms with Crippen LogP contribution in [-0.2, 0) is 21.4 Å². The van der Waals surface area contributed by atoms with Crippen LogP contribution in [0.15, 0.2) is 59.5 Å². The highest BCUT2D eigenvalue weighted by Gasteiger charge is 2.40. The van der Waals surface area contributed by atoms with Crippen LogP contribution in [0.2, 0.25) is 0 Å². The van der Waals surface area contributed by atoms with Crippen LogP contribution in [0.5, 0.6) is 0 Å². The number of aromatic nitrogens is 2. The van der Waals surface area contributed by atoms with Gasteiger partial charge in [-0.3, -0.25) is 4.79 Å². The van der Waals surface area contributed by atoms with Crippen molar-refractivity contribution in [3.8, 4) is 0 Å². The molecule has 1 aliphatic heterocycles. The number of sulfonamides is 1. The molecule has 1 aliphatic rings. The van der Waals surface area contributed by atoms with Gasteiger partial charge in [-0.1, -0.05) is 36.4 Å². The third-order valence-electron chi connectivity index (χ3n) is 5.43. The van der Waals surface area contributed by atoms with Gasteiger partial charge in [0.05, 0.1) is 17.0 Å². The summed E-state index contributed by atoms with van der Waals surface area (Å²) in [7, 11) is -2.05. The largest absolute Gasteiger partial charge is 0.337 e. The lowest BCUT2D eigenvalue weighted by atomic mass is 10.2. The molecule has 2 heterocycles. The average molecular weight is 425 g/mol. The van der Waals surface area contributed by atoms with Crippen LogP contribution in [0.3, 0.4) is 0 Å². The van der Waals surface area contributed by atoms with Gasteiger partial charge < -0.3 is 4.90 Å². The quantitative estimate of drug-likeness (QED) is 0.629. The SMILES string of the molecule is Cc1nc(CN(C)C(=O)C2CCCN2S(=O)(=O)c2ccccc2)nc2ccccc12. The van der Waals surface area contributed by atoms with Crippen molar-refractivity contribution in [1.29, 1.82) is 0 Å². The van der Waals surface area contributed by atoms with Crippen molar-refractivity contribution in [2.24, 2.45) is 0 Å². The van der Waals surface area contributed by atoms with E-state index in [0.29, 0.717) is 25.2 Å². The third-order valence-corrected chi connectivity index (χ3v) is 7.36. The lowest BCUT2D eigenvalue weighted by molar-refractivity contribution is -0.133. The molecule has 1 fully saturated rings. The first-order valence-electron chi connectivity index (χ1n) is 9.92. The van der Waals surface area contributed by atoms with Crippen molar-refractivity contribution >= 4 is 26.8 Å². The van der Waals surface area contributed by atoms with Crippen molar-refractivity contribution in [2.75, 3.05) is 13.6 Å². The Morgan fingerprint density at radius 3 is 2.57 bits per heavy atom. The minimum Gasteiger partial charge on any atom is -0.337 e. The molecule has 0 N–H and O–H groups in total. The first-order valence-corrected chi connectivity index (χ1v) is 11.4. The molecule has 0 saturated carbocycles. The van der Waals surface area contributed by atoms with E-state index in [-0.39, 0.29) is 17.3 Å². The summed E-state index contributed by atoms with van der Waals surface area (Å²) in [5.41, 5.74) is 1.68. The summed E-state index contributed by atoms with van der Waals surface area (Å²) < 4.78 is 27.4. The van der Waals surface area contributed by atoms with Crippen LogP contribution >= 0.6 is 0 Å². The summed E-state index contributed by atoms with van der Waals surface area (Å²) in [6, 6.07) is 15.3. The molecule has 1 saturated heterocycles. The summed E-state index contributed by atoms with van der Waals surface area (Å²) in [6.07, 6.45) is 1.16. The van der Waals surface area contributed by atoms with Crippen LogP contribution in [-0.4, -0.2) is 53.1 Å². The van der Waals surface area contributed by atoms with E-state index in [1.54, 1.807) is 37.4 Å². The summed E-state index contributed by atoms with van der Waals surface area (Å²) >= 11 is 0. The third kappa shape index (κ3) is 3.80. The molecule has 0 spiro atoms. The first kappa shape index (κ1) is 20.4. The van der Waals surface area contributed by atoms with Gasteiger partial charge in [-0.2, -0.15) is 4.31 Å². The number of benzene rings is 2. The minimum absolute atomic E-state index is 0.209. The zero-order valence-corrected chi connectivity index (χ0v) is 17.8. The summed E-state index contributed by atoms with van der Waals surface area (Å²) in [5.74, 6) is 0.305. The first-order chi connectivity index (χ1) is 14.4. The molecule has 8 heteroatoms. The maximum Gasteiger partial charge on any atom is 0.243 e. The van der Waals surface area contributed by atoms with Crippen LogP contribution in [0.1, 0.15) is 24.4 Å². The van der Waals surface area contributed by atoms with Crippen LogP contribution in [0.4, 0.5) is 0 Å². The highest BCUT2D eigenvalue weighted by molar-refractivity contribution is 7.89. The standard InChI is InChI=1S/C22H24N4O3S/c1-16-18-11-6-7-12-19(18)24-21(23-16)15-25(2)22(27)20-13-8-14-26(20)30(28,29)17-9-4-3-5-10-17/h3-7,9-12,20H,8,13-15H2,1-2H3. The maximum absolute atomic E-state index is 13.2. The number of nitrogens with zero attached hydrogens (tertiary/aromatic N) is 4. The van der Waals surface area contributed by atoms with Gasteiger partial charge in [0.25, 0.3) is 0 Å². The summed E-state index contributed by atoms with van der Waals surface area (Å²) in [5, 5.41) is 0.978. The Morgan fingerprint density at radius 2 is 1.80 bits per heavy atom. The van der Waals surface area contributed by atoms with E-state index in [1.165, 1.54) is 9.21 Å². The maximum atomic E-state index is 13.2. The van der Waals surface area contributed by atoms with Gasteiger partial charge >= 0.3 is 0 Å². The molecule has 1 unspecified atom stereocenters. The number of rotatable bonds is 5. The molecule has 3 aromatic rings. The minimum atomic E-state index is -3.72. The second kappa shape index (κ2) is 8.12. The molecule has 2 aromatic carbocycles. The number of para-hydroxylation sites is 1. The highest BCUT2D eigenvalue weighted by atomic mass is 32.2. The summed E-state index contributed by atoms with van der Waals surface area (Å²) in [4.78, 5) is 24.0. The van der Waals surface area contributed by atoms with Gasteiger partial charge in [0, 0.05) is 24.7 Å². The van der Waals surface area contributed by atoms with Crippen molar-refractivity contribution < 1.29 is 13.2 Å². The van der Waals surface area contributed by atoms with E-state index in [1.807, 2.05) is 31.2 Å². The van der Waals surface area contributed by atoms with Gasteiger partial charge in [-0.25, -0.2) is 18.4 Å². The second-order valence-electron chi connectivity index (χ2n) is 7.52. The molecule has 1 amide bonds. The smallest absolute Gasteiger partial charge is 0.243 e. The number of fused-ring (bicyclic) bond motifs is 1. The molecule has 156 valence electrons. The molecular formula is C22H24N4O3S. The molecule has 0 aliphatic carbocycles. The van der Waals surface area contributed by atoms with Gasteiger partial charge in [-0.05, 0) is 38.0 Å². The Bertz CT molecular complexity index is 1180. The zero-order chi connectivity index (χ0) is 21.3. The molecular weight excluding hydrogens is 400 g/mol. The van der Waals surface area contributed by atoms with E-state index in [2.05, 4.69) is 9.97 Å². The van der Waals surface area contributed by atoms with Crippen molar-refractivity contribution in [1.82, 2.24) is 19.2 Å². The van der Waals surface area contributed by atoms with Crippen molar-refractivity contribution in [2.45, 2.75) is 37.2 Å². The number of carbonyl (C=O) groups excluding carboxylic acids is 1. The highest BCUT2D eigenvalue weighted by Crippen LogP contribution is 2.27. The van der Waals surface area contributed by atoms with Crippen LogP contribution in [0, 0.1) is 6.92 Å². The van der Waals surface area contributed by atoms with E-state index < -0.39 is 16.1 Å². The Balaban J connectivity index is 1.55. The van der Waals surface area contributed by atoms with Crippen LogP contribution in [0.25, 0.3) is 10.9 Å². The fraction of sp³-hybridized carbons (Fsp3) is 0.318. The fourth-order valence-corrected chi connectivity index (χ4v) is 5.58. The molecule has 0 bridgehead atoms.